The molecular formula is C19H20F3N3O6. The van der Waals surface area contributed by atoms with E-state index in [1.807, 2.05) is 42.5 Å². The highest BCUT2D eigenvalue weighted by molar-refractivity contribution is 5.73. The van der Waals surface area contributed by atoms with Gasteiger partial charge in [0.2, 0.25) is 0 Å². The molecule has 2 heterocycles. The molecule has 1 aromatic heterocycles. The third-order valence-corrected chi connectivity index (χ3v) is 3.72. The van der Waals surface area contributed by atoms with E-state index >= 15 is 0 Å². The maximum atomic E-state index is 11.8. The number of alkyl halides is 3. The van der Waals surface area contributed by atoms with E-state index < -0.39 is 30.4 Å². The molecule has 2 aromatic rings. The summed E-state index contributed by atoms with van der Waals surface area (Å²) in [6.45, 7) is 0.998. The van der Waals surface area contributed by atoms with Crippen LogP contribution in [0, 0.1) is 0 Å². The number of hydrogen-bond donors (Lipinski definition) is 2. The Morgan fingerprint density at radius 3 is 2.61 bits per heavy atom. The van der Waals surface area contributed by atoms with Crippen molar-refractivity contribution in [2.75, 3.05) is 25.6 Å². The average molecular weight is 443 g/mol. The van der Waals surface area contributed by atoms with Crippen LogP contribution in [-0.4, -0.2) is 52.9 Å². The summed E-state index contributed by atoms with van der Waals surface area (Å²) in [6.07, 6.45) is -0.650. The Morgan fingerprint density at radius 2 is 2.00 bits per heavy atom. The summed E-state index contributed by atoms with van der Waals surface area (Å²) >= 11 is 0. The van der Waals surface area contributed by atoms with E-state index in [2.05, 4.69) is 4.98 Å². The van der Waals surface area contributed by atoms with Gasteiger partial charge in [-0.2, -0.15) is 18.2 Å². The Balaban J connectivity index is 0.000000423. The molecule has 0 aliphatic carbocycles. The lowest BCUT2D eigenvalue weighted by Gasteiger charge is -2.13. The van der Waals surface area contributed by atoms with Crippen molar-refractivity contribution in [1.29, 1.82) is 0 Å². The van der Waals surface area contributed by atoms with Crippen LogP contribution in [0.4, 0.5) is 19.0 Å². The largest absolute Gasteiger partial charge is 0.490 e. The number of carboxylic acid groups (broad SMARTS) is 1. The maximum absolute atomic E-state index is 11.8. The first-order valence-electron chi connectivity index (χ1n) is 8.88. The van der Waals surface area contributed by atoms with Crippen LogP contribution in [-0.2, 0) is 19.0 Å². The van der Waals surface area contributed by atoms with Gasteiger partial charge in [0.25, 0.3) is 0 Å². The topological polar surface area (TPSA) is 126 Å². The number of aliphatic carboxylic acids is 1. The number of benzene rings is 1. The summed E-state index contributed by atoms with van der Waals surface area (Å²) in [4.78, 5) is 24.3. The number of aromatic nitrogens is 2. The highest BCUT2D eigenvalue weighted by Gasteiger charge is 2.38. The van der Waals surface area contributed by atoms with Crippen molar-refractivity contribution in [3.63, 3.8) is 0 Å². The van der Waals surface area contributed by atoms with Gasteiger partial charge in [0, 0.05) is 6.20 Å². The summed E-state index contributed by atoms with van der Waals surface area (Å²) < 4.78 is 49.7. The standard InChI is InChI=1S/C17H19N3O4.C2HF3O2/c18-14-8-9-20(17(21)19-14)15-11-23-16(24-15)12-22-10-4-7-13-5-2-1-3-6-13;3-2(4,5)1(6)7/h1-9,15-16H,10-12H2,(H2,18,19,21);(H,6,7)/b7-4+;/t15-,16-;/m0./s1. The SMILES string of the molecule is Nc1ccn([C@@H]2CO[C@H](COC/C=C/c3ccccc3)O2)c(=O)n1.O=C(O)C(F)(F)F. The van der Waals surface area contributed by atoms with Crippen molar-refractivity contribution in [2.45, 2.75) is 18.7 Å². The molecule has 0 spiro atoms. The number of anilines is 1. The fourth-order valence-corrected chi connectivity index (χ4v) is 2.30. The van der Waals surface area contributed by atoms with E-state index in [0.29, 0.717) is 6.61 Å². The van der Waals surface area contributed by atoms with Crippen molar-refractivity contribution in [3.05, 3.63) is 64.7 Å². The minimum atomic E-state index is -5.08. The molecule has 1 fully saturated rings. The van der Waals surface area contributed by atoms with Crippen molar-refractivity contribution >= 4 is 17.9 Å². The van der Waals surface area contributed by atoms with Crippen LogP contribution in [0.15, 0.2) is 53.5 Å². The molecule has 0 unspecified atom stereocenters. The molecule has 1 aliphatic rings. The van der Waals surface area contributed by atoms with Gasteiger partial charge < -0.3 is 25.1 Å². The summed E-state index contributed by atoms with van der Waals surface area (Å²) in [7, 11) is 0. The van der Waals surface area contributed by atoms with Crippen LogP contribution in [0.25, 0.3) is 6.08 Å². The first-order valence-corrected chi connectivity index (χ1v) is 8.88. The highest BCUT2D eigenvalue weighted by Crippen LogP contribution is 2.19. The number of carboxylic acids is 1. The summed E-state index contributed by atoms with van der Waals surface area (Å²) in [5, 5.41) is 7.12. The van der Waals surface area contributed by atoms with Crippen LogP contribution in [0.2, 0.25) is 0 Å². The molecule has 3 rings (SSSR count). The summed E-state index contributed by atoms with van der Waals surface area (Å²) in [5.41, 5.74) is 6.12. The zero-order valence-electron chi connectivity index (χ0n) is 16.1. The monoisotopic (exact) mass is 443 g/mol. The first-order chi connectivity index (χ1) is 14.7. The number of carbonyl (C=O) groups is 1. The zero-order valence-corrected chi connectivity index (χ0v) is 16.1. The number of ether oxygens (including phenoxy) is 3. The van der Waals surface area contributed by atoms with E-state index in [0.717, 1.165) is 5.56 Å². The van der Waals surface area contributed by atoms with Crippen LogP contribution >= 0.6 is 0 Å². The molecule has 0 saturated carbocycles. The summed E-state index contributed by atoms with van der Waals surface area (Å²) in [5.74, 6) is -2.58. The molecule has 9 nitrogen and oxygen atoms in total. The number of halogens is 3. The van der Waals surface area contributed by atoms with Gasteiger partial charge in [-0.1, -0.05) is 42.5 Å². The number of nitrogens with two attached hydrogens (primary N) is 1. The number of nitrogen functional groups attached to an aromatic ring is 1. The third kappa shape index (κ3) is 8.20. The van der Waals surface area contributed by atoms with E-state index in [4.69, 9.17) is 29.8 Å². The van der Waals surface area contributed by atoms with Crippen LogP contribution in [0.3, 0.4) is 0 Å². The minimum Gasteiger partial charge on any atom is -0.475 e. The van der Waals surface area contributed by atoms with Gasteiger partial charge in [0.05, 0.1) is 19.8 Å². The fraction of sp³-hybridized carbons (Fsp3) is 0.316. The van der Waals surface area contributed by atoms with Gasteiger partial charge in [-0.15, -0.1) is 0 Å². The molecule has 1 saturated heterocycles. The molecule has 1 aliphatic heterocycles. The Labute approximate surface area is 174 Å². The highest BCUT2D eigenvalue weighted by atomic mass is 19.4. The van der Waals surface area contributed by atoms with Crippen molar-refractivity contribution in [2.24, 2.45) is 0 Å². The fourth-order valence-electron chi connectivity index (χ4n) is 2.30. The lowest BCUT2D eigenvalue weighted by molar-refractivity contribution is -0.192. The molecule has 1 aromatic carbocycles. The molecule has 0 amide bonds. The van der Waals surface area contributed by atoms with E-state index in [1.54, 1.807) is 12.3 Å². The van der Waals surface area contributed by atoms with Gasteiger partial charge in [0.15, 0.2) is 12.5 Å². The molecule has 168 valence electrons. The Hall–Kier alpha value is -3.22. The van der Waals surface area contributed by atoms with Gasteiger partial charge in [-0.3, -0.25) is 4.57 Å². The normalized spacial score (nSPS) is 18.5. The van der Waals surface area contributed by atoms with Gasteiger partial charge in [-0.05, 0) is 11.6 Å². The Morgan fingerprint density at radius 1 is 1.32 bits per heavy atom. The first kappa shape index (κ1) is 24.1. The van der Waals surface area contributed by atoms with E-state index in [9.17, 15) is 18.0 Å². The average Bonchev–Trinajstić information content (AvgIpc) is 3.17. The molecule has 2 atom stereocenters. The van der Waals surface area contributed by atoms with Crippen molar-refractivity contribution in [3.8, 4) is 0 Å². The van der Waals surface area contributed by atoms with E-state index in [-0.39, 0.29) is 19.0 Å². The smallest absolute Gasteiger partial charge is 0.475 e. The predicted octanol–water partition coefficient (Wildman–Crippen LogP) is 2.06. The quantitative estimate of drug-likeness (QED) is 0.650. The zero-order chi connectivity index (χ0) is 22.9. The number of nitrogens with zero attached hydrogens (tertiary/aromatic N) is 2. The second-order valence-corrected chi connectivity index (χ2v) is 6.05. The van der Waals surface area contributed by atoms with Gasteiger partial charge >= 0.3 is 17.8 Å². The maximum Gasteiger partial charge on any atom is 0.490 e. The predicted molar refractivity (Wildman–Crippen MR) is 103 cm³/mol. The van der Waals surface area contributed by atoms with Crippen LogP contribution in [0.5, 0.6) is 0 Å². The minimum absolute atomic E-state index is 0.181. The molecular weight excluding hydrogens is 423 g/mol. The van der Waals surface area contributed by atoms with Crippen molar-refractivity contribution < 1.29 is 37.3 Å². The molecule has 31 heavy (non-hydrogen) atoms. The molecule has 0 bridgehead atoms. The number of hydrogen-bond acceptors (Lipinski definition) is 7. The Kier molecular flexibility index (Phi) is 8.73. The van der Waals surface area contributed by atoms with Crippen LogP contribution in [0.1, 0.15) is 11.8 Å². The van der Waals surface area contributed by atoms with Gasteiger partial charge in [0.1, 0.15) is 5.82 Å². The summed E-state index contributed by atoms with van der Waals surface area (Å²) in [6, 6.07) is 11.5. The molecule has 0 radical (unpaired) electrons. The van der Waals surface area contributed by atoms with Crippen LogP contribution < -0.4 is 11.4 Å². The third-order valence-electron chi connectivity index (χ3n) is 3.72. The lowest BCUT2D eigenvalue weighted by Crippen LogP contribution is -2.28. The van der Waals surface area contributed by atoms with Crippen molar-refractivity contribution in [1.82, 2.24) is 9.55 Å². The second kappa shape index (κ2) is 11.2. The second-order valence-electron chi connectivity index (χ2n) is 6.05. The van der Waals surface area contributed by atoms with E-state index in [1.165, 1.54) is 4.57 Å². The lowest BCUT2D eigenvalue weighted by atomic mass is 10.2. The molecule has 12 heteroatoms. The molecule has 3 N–H and O–H groups in total. The van der Waals surface area contributed by atoms with Gasteiger partial charge in [-0.25, -0.2) is 9.59 Å². The Bertz CT molecular complexity index is 933. The number of rotatable bonds is 6.